The quantitative estimate of drug-likeness (QED) is 0.871. The van der Waals surface area contributed by atoms with E-state index in [0.29, 0.717) is 5.92 Å². The zero-order valence-corrected chi connectivity index (χ0v) is 13.3. The molecule has 2 rings (SSSR count). The van der Waals surface area contributed by atoms with E-state index in [-0.39, 0.29) is 0 Å². The molecular weight excluding hydrogens is 298 g/mol. The van der Waals surface area contributed by atoms with Crippen molar-refractivity contribution in [3.8, 4) is 0 Å². The molecule has 0 aliphatic rings. The Balaban J connectivity index is 2.09. The molecule has 0 fully saturated rings. The maximum atomic E-state index is 6.08. The molecule has 0 aliphatic carbocycles. The van der Waals surface area contributed by atoms with Crippen molar-refractivity contribution in [1.29, 1.82) is 0 Å². The van der Waals surface area contributed by atoms with Crippen LogP contribution < -0.4 is 5.32 Å². The van der Waals surface area contributed by atoms with Crippen LogP contribution in [0.2, 0.25) is 5.02 Å². The molecule has 0 atom stereocenters. The van der Waals surface area contributed by atoms with Gasteiger partial charge in [-0.1, -0.05) is 54.6 Å². The van der Waals surface area contributed by atoms with E-state index in [1.54, 1.807) is 17.3 Å². The highest BCUT2D eigenvalue weighted by Crippen LogP contribution is 2.33. The lowest BCUT2D eigenvalue weighted by molar-refractivity contribution is 0.550. The minimum absolute atomic E-state index is 0.645. The lowest BCUT2D eigenvalue weighted by atomic mass is 10.2. The molecular formula is C13H16ClN3S2. The van der Waals surface area contributed by atoms with Gasteiger partial charge in [0.15, 0.2) is 4.34 Å². The van der Waals surface area contributed by atoms with Gasteiger partial charge in [0.25, 0.3) is 0 Å². The van der Waals surface area contributed by atoms with Gasteiger partial charge >= 0.3 is 0 Å². The first-order valence-corrected chi connectivity index (χ1v) is 8.15. The SMILES string of the molecule is CC(C)CNCc1ccc(Cl)cc1Sc1nncs1. The lowest BCUT2D eigenvalue weighted by Crippen LogP contribution is -2.19. The van der Waals surface area contributed by atoms with E-state index < -0.39 is 0 Å². The number of halogens is 1. The summed E-state index contributed by atoms with van der Waals surface area (Å²) in [6.45, 7) is 6.25. The lowest BCUT2D eigenvalue weighted by Gasteiger charge is -2.11. The van der Waals surface area contributed by atoms with Gasteiger partial charge in [0.2, 0.25) is 0 Å². The number of aromatic nitrogens is 2. The Hall–Kier alpha value is -0.620. The highest BCUT2D eigenvalue weighted by Gasteiger charge is 2.08. The summed E-state index contributed by atoms with van der Waals surface area (Å²) in [5.41, 5.74) is 2.98. The summed E-state index contributed by atoms with van der Waals surface area (Å²) in [6.07, 6.45) is 0. The van der Waals surface area contributed by atoms with Gasteiger partial charge < -0.3 is 5.32 Å². The van der Waals surface area contributed by atoms with Crippen molar-refractivity contribution in [2.24, 2.45) is 5.92 Å². The van der Waals surface area contributed by atoms with E-state index in [2.05, 4.69) is 35.4 Å². The molecule has 19 heavy (non-hydrogen) atoms. The van der Waals surface area contributed by atoms with E-state index in [1.807, 2.05) is 12.1 Å². The van der Waals surface area contributed by atoms with E-state index in [1.165, 1.54) is 16.9 Å². The smallest absolute Gasteiger partial charge is 0.178 e. The van der Waals surface area contributed by atoms with Crippen LogP contribution in [0.25, 0.3) is 0 Å². The first-order chi connectivity index (χ1) is 9.15. The molecule has 1 aromatic carbocycles. The summed E-state index contributed by atoms with van der Waals surface area (Å²) in [5.74, 6) is 0.645. The van der Waals surface area contributed by atoms with Gasteiger partial charge in [-0.3, -0.25) is 0 Å². The summed E-state index contributed by atoms with van der Waals surface area (Å²) >= 11 is 9.23. The minimum atomic E-state index is 0.645. The Morgan fingerprint density at radius 3 is 2.95 bits per heavy atom. The van der Waals surface area contributed by atoms with Crippen molar-refractivity contribution in [3.05, 3.63) is 34.3 Å². The van der Waals surface area contributed by atoms with Crippen molar-refractivity contribution in [2.45, 2.75) is 29.6 Å². The molecule has 3 nitrogen and oxygen atoms in total. The van der Waals surface area contributed by atoms with Crippen molar-refractivity contribution < 1.29 is 0 Å². The van der Waals surface area contributed by atoms with Crippen LogP contribution in [0.4, 0.5) is 0 Å². The third-order valence-corrected chi connectivity index (χ3v) is 4.55. The molecule has 0 radical (unpaired) electrons. The highest BCUT2D eigenvalue weighted by molar-refractivity contribution is 8.01. The van der Waals surface area contributed by atoms with Crippen molar-refractivity contribution in [2.75, 3.05) is 6.54 Å². The van der Waals surface area contributed by atoms with Gasteiger partial charge in [0.05, 0.1) is 0 Å². The Morgan fingerprint density at radius 1 is 1.42 bits per heavy atom. The molecule has 0 aliphatic heterocycles. The van der Waals surface area contributed by atoms with Gasteiger partial charge in [-0.05, 0) is 30.2 Å². The first-order valence-electron chi connectivity index (χ1n) is 6.08. The van der Waals surface area contributed by atoms with Crippen LogP contribution >= 0.6 is 34.7 Å². The zero-order valence-electron chi connectivity index (χ0n) is 10.9. The summed E-state index contributed by atoms with van der Waals surface area (Å²) in [7, 11) is 0. The van der Waals surface area contributed by atoms with Crippen LogP contribution in [0.3, 0.4) is 0 Å². The fourth-order valence-corrected chi connectivity index (χ4v) is 3.41. The van der Waals surface area contributed by atoms with Gasteiger partial charge in [-0.15, -0.1) is 10.2 Å². The fourth-order valence-electron chi connectivity index (χ4n) is 1.57. The van der Waals surface area contributed by atoms with Crippen LogP contribution in [0, 0.1) is 5.92 Å². The number of nitrogens with zero attached hydrogens (tertiary/aromatic N) is 2. The summed E-state index contributed by atoms with van der Waals surface area (Å²) in [6, 6.07) is 5.98. The van der Waals surface area contributed by atoms with E-state index >= 15 is 0 Å². The first kappa shape index (κ1) is 14.8. The fraction of sp³-hybridized carbons (Fsp3) is 0.385. The van der Waals surface area contributed by atoms with Crippen LogP contribution in [0.1, 0.15) is 19.4 Å². The van der Waals surface area contributed by atoms with E-state index in [0.717, 1.165) is 27.3 Å². The van der Waals surface area contributed by atoms with Gasteiger partial charge in [-0.2, -0.15) is 0 Å². The largest absolute Gasteiger partial charge is 0.312 e. The second kappa shape index (κ2) is 7.24. The van der Waals surface area contributed by atoms with E-state index in [4.69, 9.17) is 11.6 Å². The van der Waals surface area contributed by atoms with Crippen LogP contribution in [-0.4, -0.2) is 16.7 Å². The second-order valence-electron chi connectivity index (χ2n) is 4.58. The molecule has 6 heteroatoms. The highest BCUT2D eigenvalue weighted by atomic mass is 35.5. The predicted octanol–water partition coefficient (Wildman–Crippen LogP) is 4.09. The number of hydrogen-bond donors (Lipinski definition) is 1. The van der Waals surface area contributed by atoms with Crippen molar-refractivity contribution >= 4 is 34.7 Å². The third kappa shape index (κ3) is 4.76. The molecule has 0 spiro atoms. The number of nitrogens with one attached hydrogen (secondary N) is 1. The molecule has 0 amide bonds. The van der Waals surface area contributed by atoms with Crippen LogP contribution in [-0.2, 0) is 6.54 Å². The topological polar surface area (TPSA) is 37.8 Å². The molecule has 1 N–H and O–H groups in total. The molecule has 1 heterocycles. The molecule has 1 aromatic heterocycles. The van der Waals surface area contributed by atoms with Crippen LogP contribution in [0.5, 0.6) is 0 Å². The standard InChI is InChI=1S/C13H16ClN3S2/c1-9(2)6-15-7-10-3-4-11(14)5-12(10)19-13-17-16-8-18-13/h3-5,8-9,15H,6-7H2,1-2H3. The Kier molecular flexibility index (Phi) is 5.63. The van der Waals surface area contributed by atoms with Crippen LogP contribution in [0.15, 0.2) is 32.9 Å². The normalized spacial score (nSPS) is 11.2. The molecule has 0 bridgehead atoms. The van der Waals surface area contributed by atoms with Gasteiger partial charge in [0, 0.05) is 16.5 Å². The zero-order chi connectivity index (χ0) is 13.7. The monoisotopic (exact) mass is 313 g/mol. The average Bonchev–Trinajstić information content (AvgIpc) is 2.84. The Morgan fingerprint density at radius 2 is 2.26 bits per heavy atom. The number of benzene rings is 1. The third-order valence-electron chi connectivity index (χ3n) is 2.43. The molecule has 102 valence electrons. The molecule has 0 saturated heterocycles. The molecule has 0 unspecified atom stereocenters. The van der Waals surface area contributed by atoms with Crippen molar-refractivity contribution in [3.63, 3.8) is 0 Å². The molecule has 2 aromatic rings. The van der Waals surface area contributed by atoms with Crippen molar-refractivity contribution in [1.82, 2.24) is 15.5 Å². The predicted molar refractivity (Wildman–Crippen MR) is 82.0 cm³/mol. The molecule has 0 saturated carbocycles. The van der Waals surface area contributed by atoms with Gasteiger partial charge in [0.1, 0.15) is 5.51 Å². The Labute approximate surface area is 126 Å². The Bertz CT molecular complexity index is 515. The average molecular weight is 314 g/mol. The minimum Gasteiger partial charge on any atom is -0.312 e. The summed E-state index contributed by atoms with van der Waals surface area (Å²) in [5, 5.41) is 12.1. The summed E-state index contributed by atoms with van der Waals surface area (Å²) < 4.78 is 0.937. The second-order valence-corrected chi connectivity index (χ2v) is 7.14. The number of hydrogen-bond acceptors (Lipinski definition) is 5. The summed E-state index contributed by atoms with van der Waals surface area (Å²) in [4.78, 5) is 1.14. The van der Waals surface area contributed by atoms with Gasteiger partial charge in [-0.25, -0.2) is 0 Å². The number of rotatable bonds is 6. The van der Waals surface area contributed by atoms with E-state index in [9.17, 15) is 0 Å². The maximum absolute atomic E-state index is 6.08. The maximum Gasteiger partial charge on any atom is 0.178 e.